The highest BCUT2D eigenvalue weighted by Crippen LogP contribution is 2.29. The molecule has 0 bridgehead atoms. The van der Waals surface area contributed by atoms with Gasteiger partial charge in [0.1, 0.15) is 5.54 Å². The molecule has 1 aromatic heterocycles. The molecule has 86 valence electrons. The molecule has 0 atom stereocenters. The SMILES string of the molecule is NC(=O)C1(NC(=O)c2cccs2)CCCC1. The summed E-state index contributed by atoms with van der Waals surface area (Å²) >= 11 is 1.36. The molecule has 4 nitrogen and oxygen atoms in total. The molecule has 1 saturated carbocycles. The molecule has 16 heavy (non-hydrogen) atoms. The lowest BCUT2D eigenvalue weighted by Crippen LogP contribution is -2.55. The number of hydrogen-bond donors (Lipinski definition) is 2. The molecule has 5 heteroatoms. The number of rotatable bonds is 3. The molecule has 2 rings (SSSR count). The fourth-order valence-corrected chi connectivity index (χ4v) is 2.72. The number of nitrogens with two attached hydrogens (primary N) is 1. The highest BCUT2D eigenvalue weighted by Gasteiger charge is 2.41. The van der Waals surface area contributed by atoms with E-state index in [1.807, 2.05) is 11.4 Å². The second kappa shape index (κ2) is 4.25. The molecule has 0 unspecified atom stereocenters. The third kappa shape index (κ3) is 1.95. The lowest BCUT2D eigenvalue weighted by atomic mass is 9.96. The Hall–Kier alpha value is -1.36. The second-order valence-electron chi connectivity index (χ2n) is 4.08. The number of thiophene rings is 1. The van der Waals surface area contributed by atoms with Crippen molar-refractivity contribution in [2.75, 3.05) is 0 Å². The van der Waals surface area contributed by atoms with Crippen molar-refractivity contribution in [2.45, 2.75) is 31.2 Å². The van der Waals surface area contributed by atoms with E-state index >= 15 is 0 Å². The fourth-order valence-electron chi connectivity index (χ4n) is 2.10. The van der Waals surface area contributed by atoms with Gasteiger partial charge in [-0.05, 0) is 24.3 Å². The van der Waals surface area contributed by atoms with Crippen LogP contribution in [0.2, 0.25) is 0 Å². The maximum atomic E-state index is 11.9. The Bertz CT molecular complexity index is 394. The van der Waals surface area contributed by atoms with E-state index in [2.05, 4.69) is 5.32 Å². The Balaban J connectivity index is 2.13. The quantitative estimate of drug-likeness (QED) is 0.832. The van der Waals surface area contributed by atoms with Gasteiger partial charge < -0.3 is 11.1 Å². The number of carbonyl (C=O) groups is 2. The second-order valence-corrected chi connectivity index (χ2v) is 5.03. The van der Waals surface area contributed by atoms with Gasteiger partial charge in [0, 0.05) is 0 Å². The van der Waals surface area contributed by atoms with Gasteiger partial charge in [-0.25, -0.2) is 0 Å². The van der Waals surface area contributed by atoms with Crippen LogP contribution in [-0.2, 0) is 4.79 Å². The van der Waals surface area contributed by atoms with Gasteiger partial charge in [-0.2, -0.15) is 0 Å². The minimum absolute atomic E-state index is 0.198. The van der Waals surface area contributed by atoms with Crippen LogP contribution in [0.4, 0.5) is 0 Å². The maximum Gasteiger partial charge on any atom is 0.262 e. The number of nitrogens with one attached hydrogen (secondary N) is 1. The van der Waals surface area contributed by atoms with Crippen LogP contribution in [0.15, 0.2) is 17.5 Å². The van der Waals surface area contributed by atoms with Crippen LogP contribution in [0.1, 0.15) is 35.4 Å². The summed E-state index contributed by atoms with van der Waals surface area (Å²) in [6, 6.07) is 3.55. The van der Waals surface area contributed by atoms with Gasteiger partial charge in [0.15, 0.2) is 0 Å². The number of hydrogen-bond acceptors (Lipinski definition) is 3. The average Bonchev–Trinajstić information content (AvgIpc) is 2.88. The van der Waals surface area contributed by atoms with Crippen molar-refractivity contribution in [1.29, 1.82) is 0 Å². The predicted octanol–water partition coefficient (Wildman–Crippen LogP) is 1.28. The largest absolute Gasteiger partial charge is 0.368 e. The molecule has 1 aliphatic rings. The van der Waals surface area contributed by atoms with Gasteiger partial charge >= 0.3 is 0 Å². The summed E-state index contributed by atoms with van der Waals surface area (Å²) in [6.45, 7) is 0. The molecule has 3 N–H and O–H groups in total. The van der Waals surface area contributed by atoms with E-state index < -0.39 is 11.4 Å². The van der Waals surface area contributed by atoms with Crippen molar-refractivity contribution in [2.24, 2.45) is 5.73 Å². The number of amides is 2. The van der Waals surface area contributed by atoms with Gasteiger partial charge in [0.2, 0.25) is 5.91 Å². The van der Waals surface area contributed by atoms with Crippen molar-refractivity contribution in [1.82, 2.24) is 5.32 Å². The Morgan fingerprint density at radius 1 is 1.38 bits per heavy atom. The summed E-state index contributed by atoms with van der Waals surface area (Å²) in [5, 5.41) is 4.62. The number of carbonyl (C=O) groups excluding carboxylic acids is 2. The summed E-state index contributed by atoms with van der Waals surface area (Å²) in [5.74, 6) is -0.620. The summed E-state index contributed by atoms with van der Waals surface area (Å²) in [5.41, 5.74) is 4.57. The van der Waals surface area contributed by atoms with E-state index in [1.165, 1.54) is 11.3 Å². The molecular weight excluding hydrogens is 224 g/mol. The van der Waals surface area contributed by atoms with Crippen LogP contribution in [0.25, 0.3) is 0 Å². The van der Waals surface area contributed by atoms with Crippen LogP contribution in [0, 0.1) is 0 Å². The highest BCUT2D eigenvalue weighted by atomic mass is 32.1. The van der Waals surface area contributed by atoms with E-state index in [0.717, 1.165) is 12.8 Å². The maximum absolute atomic E-state index is 11.9. The molecule has 0 aliphatic heterocycles. The number of primary amides is 1. The normalized spacial score (nSPS) is 18.2. The summed E-state index contributed by atoms with van der Waals surface area (Å²) in [6.07, 6.45) is 3.18. The summed E-state index contributed by atoms with van der Waals surface area (Å²) in [7, 11) is 0. The molecule has 0 saturated heterocycles. The Kier molecular flexibility index (Phi) is 2.96. The minimum atomic E-state index is -0.818. The van der Waals surface area contributed by atoms with Gasteiger partial charge in [0.05, 0.1) is 4.88 Å². The molecule has 1 aromatic rings. The molecule has 0 spiro atoms. The first-order valence-electron chi connectivity index (χ1n) is 5.30. The third-order valence-electron chi connectivity index (χ3n) is 3.03. The Morgan fingerprint density at radius 2 is 2.06 bits per heavy atom. The first-order valence-corrected chi connectivity index (χ1v) is 6.18. The smallest absolute Gasteiger partial charge is 0.262 e. The lowest BCUT2D eigenvalue weighted by Gasteiger charge is -2.26. The van der Waals surface area contributed by atoms with E-state index in [0.29, 0.717) is 17.7 Å². The first-order chi connectivity index (χ1) is 7.64. The van der Waals surface area contributed by atoms with Crippen LogP contribution in [0.5, 0.6) is 0 Å². The van der Waals surface area contributed by atoms with Gasteiger partial charge in [-0.3, -0.25) is 9.59 Å². The van der Waals surface area contributed by atoms with E-state index in [9.17, 15) is 9.59 Å². The van der Waals surface area contributed by atoms with Crippen molar-refractivity contribution in [3.63, 3.8) is 0 Å². The van der Waals surface area contributed by atoms with Crippen molar-refractivity contribution >= 4 is 23.2 Å². The standard InChI is InChI=1S/C11H14N2O2S/c12-10(15)11(5-1-2-6-11)13-9(14)8-4-3-7-16-8/h3-4,7H,1-2,5-6H2,(H2,12,15)(H,13,14). The monoisotopic (exact) mass is 238 g/mol. The first kappa shape index (κ1) is 11.1. The topological polar surface area (TPSA) is 72.2 Å². The van der Waals surface area contributed by atoms with Crippen LogP contribution in [0.3, 0.4) is 0 Å². The van der Waals surface area contributed by atoms with E-state index in [1.54, 1.807) is 6.07 Å². The van der Waals surface area contributed by atoms with E-state index in [-0.39, 0.29) is 5.91 Å². The van der Waals surface area contributed by atoms with Crippen molar-refractivity contribution in [3.8, 4) is 0 Å². The van der Waals surface area contributed by atoms with Gasteiger partial charge in [0.25, 0.3) is 5.91 Å². The van der Waals surface area contributed by atoms with Gasteiger partial charge in [-0.15, -0.1) is 11.3 Å². The Labute approximate surface area is 97.8 Å². The average molecular weight is 238 g/mol. The Morgan fingerprint density at radius 3 is 2.56 bits per heavy atom. The molecule has 0 radical (unpaired) electrons. The van der Waals surface area contributed by atoms with Gasteiger partial charge in [-0.1, -0.05) is 18.9 Å². The van der Waals surface area contributed by atoms with E-state index in [4.69, 9.17) is 5.73 Å². The summed E-state index contributed by atoms with van der Waals surface area (Å²) in [4.78, 5) is 23.9. The molecule has 1 fully saturated rings. The lowest BCUT2D eigenvalue weighted by molar-refractivity contribution is -0.123. The zero-order chi connectivity index (χ0) is 11.6. The van der Waals surface area contributed by atoms with Crippen LogP contribution < -0.4 is 11.1 Å². The molecular formula is C11H14N2O2S. The predicted molar refractivity (Wildman–Crippen MR) is 62.2 cm³/mol. The molecule has 2 amide bonds. The molecule has 1 heterocycles. The third-order valence-corrected chi connectivity index (χ3v) is 3.90. The molecule has 1 aliphatic carbocycles. The highest BCUT2D eigenvalue weighted by molar-refractivity contribution is 7.12. The van der Waals surface area contributed by atoms with Crippen LogP contribution in [-0.4, -0.2) is 17.4 Å². The zero-order valence-electron chi connectivity index (χ0n) is 8.86. The van der Waals surface area contributed by atoms with Crippen molar-refractivity contribution in [3.05, 3.63) is 22.4 Å². The van der Waals surface area contributed by atoms with Crippen LogP contribution >= 0.6 is 11.3 Å². The fraction of sp³-hybridized carbons (Fsp3) is 0.455. The summed E-state index contributed by atoms with van der Waals surface area (Å²) < 4.78 is 0. The zero-order valence-corrected chi connectivity index (χ0v) is 9.68. The minimum Gasteiger partial charge on any atom is -0.368 e. The molecule has 0 aromatic carbocycles. The van der Waals surface area contributed by atoms with Crippen molar-refractivity contribution < 1.29 is 9.59 Å².